The summed E-state index contributed by atoms with van der Waals surface area (Å²) in [5.74, 6) is 0.948. The Morgan fingerprint density at radius 3 is 2.29 bits per heavy atom. The van der Waals surface area contributed by atoms with Gasteiger partial charge in [-0.15, -0.1) is 0 Å². The summed E-state index contributed by atoms with van der Waals surface area (Å²) in [5, 5.41) is 3.61. The van der Waals surface area contributed by atoms with Crippen LogP contribution in [0.4, 0.5) is 0 Å². The van der Waals surface area contributed by atoms with Crippen molar-refractivity contribution in [2.75, 3.05) is 19.6 Å². The van der Waals surface area contributed by atoms with Crippen LogP contribution in [0.3, 0.4) is 0 Å². The van der Waals surface area contributed by atoms with Gasteiger partial charge in [0.15, 0.2) is 0 Å². The number of nitrogens with one attached hydrogen (secondary N) is 1. The van der Waals surface area contributed by atoms with Crippen molar-refractivity contribution < 1.29 is 0 Å². The summed E-state index contributed by atoms with van der Waals surface area (Å²) in [5.41, 5.74) is 0.334. The Hall–Kier alpha value is -0.0800. The Bertz CT molecular complexity index is 192. The first-order valence-corrected chi connectivity index (χ1v) is 6.08. The van der Waals surface area contributed by atoms with E-state index >= 15 is 0 Å². The van der Waals surface area contributed by atoms with Gasteiger partial charge in [0.25, 0.3) is 0 Å². The molecule has 0 aromatic heterocycles. The van der Waals surface area contributed by atoms with E-state index in [-0.39, 0.29) is 0 Å². The van der Waals surface area contributed by atoms with Crippen molar-refractivity contribution in [2.45, 2.75) is 51.6 Å². The van der Waals surface area contributed by atoms with E-state index in [9.17, 15) is 0 Å². The van der Waals surface area contributed by atoms with Crippen molar-refractivity contribution in [1.82, 2.24) is 10.2 Å². The van der Waals surface area contributed by atoms with Gasteiger partial charge in [-0.1, -0.05) is 6.92 Å². The molecular formula is C12H24N2. The molecule has 0 aromatic carbocycles. The average molecular weight is 196 g/mol. The van der Waals surface area contributed by atoms with Crippen LogP contribution in [0.2, 0.25) is 0 Å². The summed E-state index contributed by atoms with van der Waals surface area (Å²) in [6, 6.07) is 0.773. The van der Waals surface area contributed by atoms with E-state index in [1.807, 2.05) is 0 Å². The molecule has 2 heterocycles. The molecule has 0 unspecified atom stereocenters. The van der Waals surface area contributed by atoms with Crippen LogP contribution in [0.1, 0.15) is 40.0 Å². The Kier molecular flexibility index (Phi) is 2.85. The van der Waals surface area contributed by atoms with Crippen LogP contribution < -0.4 is 5.32 Å². The van der Waals surface area contributed by atoms with E-state index in [0.29, 0.717) is 5.54 Å². The SMILES string of the molecule is CC1CCN([C@@H]2CCNC2(C)C)CC1. The largest absolute Gasteiger partial charge is 0.310 e. The van der Waals surface area contributed by atoms with E-state index in [0.717, 1.165) is 12.0 Å². The summed E-state index contributed by atoms with van der Waals surface area (Å²) in [4.78, 5) is 2.71. The van der Waals surface area contributed by atoms with Crippen LogP contribution in [0.25, 0.3) is 0 Å². The number of rotatable bonds is 1. The van der Waals surface area contributed by atoms with E-state index in [1.54, 1.807) is 0 Å². The van der Waals surface area contributed by atoms with E-state index in [2.05, 4.69) is 31.0 Å². The minimum absolute atomic E-state index is 0.334. The molecule has 2 nitrogen and oxygen atoms in total. The third-order valence-electron chi connectivity index (χ3n) is 4.09. The average Bonchev–Trinajstić information content (AvgIpc) is 2.47. The zero-order chi connectivity index (χ0) is 10.2. The first-order chi connectivity index (χ1) is 6.59. The Morgan fingerprint density at radius 1 is 1.14 bits per heavy atom. The summed E-state index contributed by atoms with van der Waals surface area (Å²) in [7, 11) is 0. The molecule has 0 spiro atoms. The van der Waals surface area contributed by atoms with Crippen LogP contribution in [-0.2, 0) is 0 Å². The molecule has 2 aliphatic rings. The van der Waals surface area contributed by atoms with Crippen LogP contribution in [0.5, 0.6) is 0 Å². The highest BCUT2D eigenvalue weighted by Gasteiger charge is 2.38. The van der Waals surface area contributed by atoms with Gasteiger partial charge in [0.05, 0.1) is 0 Å². The Morgan fingerprint density at radius 2 is 1.79 bits per heavy atom. The highest BCUT2D eigenvalue weighted by Crippen LogP contribution is 2.28. The highest BCUT2D eigenvalue weighted by atomic mass is 15.2. The topological polar surface area (TPSA) is 15.3 Å². The molecular weight excluding hydrogens is 172 g/mol. The van der Waals surface area contributed by atoms with Crippen LogP contribution in [-0.4, -0.2) is 36.1 Å². The maximum absolute atomic E-state index is 3.61. The molecule has 0 amide bonds. The molecule has 2 heteroatoms. The molecule has 2 fully saturated rings. The molecule has 14 heavy (non-hydrogen) atoms. The fourth-order valence-corrected chi connectivity index (χ4v) is 2.99. The van der Waals surface area contributed by atoms with Gasteiger partial charge >= 0.3 is 0 Å². The molecule has 0 aliphatic carbocycles. The molecule has 2 saturated heterocycles. The zero-order valence-electron chi connectivity index (χ0n) is 9.84. The number of nitrogens with zero attached hydrogens (tertiary/aromatic N) is 1. The monoisotopic (exact) mass is 196 g/mol. The first-order valence-electron chi connectivity index (χ1n) is 6.08. The lowest BCUT2D eigenvalue weighted by atomic mass is 9.91. The minimum atomic E-state index is 0.334. The summed E-state index contributed by atoms with van der Waals surface area (Å²) >= 11 is 0. The molecule has 1 atom stereocenters. The van der Waals surface area contributed by atoms with Gasteiger partial charge < -0.3 is 5.32 Å². The summed E-state index contributed by atoms with van der Waals surface area (Å²) in [6.45, 7) is 10.9. The van der Waals surface area contributed by atoms with Crippen molar-refractivity contribution in [3.05, 3.63) is 0 Å². The van der Waals surface area contributed by atoms with Crippen LogP contribution >= 0.6 is 0 Å². The number of piperidine rings is 1. The second-order valence-corrected chi connectivity index (χ2v) is 5.67. The van der Waals surface area contributed by atoms with E-state index < -0.39 is 0 Å². The van der Waals surface area contributed by atoms with Crippen molar-refractivity contribution >= 4 is 0 Å². The zero-order valence-corrected chi connectivity index (χ0v) is 9.84. The molecule has 1 N–H and O–H groups in total. The predicted octanol–water partition coefficient (Wildman–Crippen LogP) is 1.86. The molecule has 2 aliphatic heterocycles. The fourth-order valence-electron chi connectivity index (χ4n) is 2.99. The van der Waals surface area contributed by atoms with Crippen molar-refractivity contribution in [2.24, 2.45) is 5.92 Å². The second-order valence-electron chi connectivity index (χ2n) is 5.67. The predicted molar refractivity (Wildman–Crippen MR) is 60.5 cm³/mol. The molecule has 82 valence electrons. The first kappa shape index (κ1) is 10.4. The third kappa shape index (κ3) is 1.96. The maximum Gasteiger partial charge on any atom is 0.0284 e. The number of hydrogen-bond acceptors (Lipinski definition) is 2. The molecule has 0 bridgehead atoms. The minimum Gasteiger partial charge on any atom is -0.310 e. The van der Waals surface area contributed by atoms with Gasteiger partial charge in [0.2, 0.25) is 0 Å². The Balaban J connectivity index is 1.95. The van der Waals surface area contributed by atoms with Gasteiger partial charge in [-0.3, -0.25) is 4.90 Å². The molecule has 0 aromatic rings. The van der Waals surface area contributed by atoms with Gasteiger partial charge in [-0.2, -0.15) is 0 Å². The summed E-state index contributed by atoms with van der Waals surface area (Å²) in [6.07, 6.45) is 4.13. The normalized spacial score (nSPS) is 34.9. The van der Waals surface area contributed by atoms with Gasteiger partial charge in [-0.25, -0.2) is 0 Å². The standard InChI is InChI=1S/C12H24N2/c1-10-5-8-14(9-6-10)11-4-7-13-12(11,2)3/h10-11,13H,4-9H2,1-3H3/t11-/m1/s1. The lowest BCUT2D eigenvalue weighted by Crippen LogP contribution is -2.52. The quantitative estimate of drug-likeness (QED) is 0.688. The van der Waals surface area contributed by atoms with E-state index in [4.69, 9.17) is 0 Å². The van der Waals surface area contributed by atoms with Gasteiger partial charge in [0.1, 0.15) is 0 Å². The molecule has 2 rings (SSSR count). The van der Waals surface area contributed by atoms with E-state index in [1.165, 1.54) is 38.9 Å². The van der Waals surface area contributed by atoms with Crippen molar-refractivity contribution in [3.8, 4) is 0 Å². The van der Waals surface area contributed by atoms with Crippen LogP contribution in [0, 0.1) is 5.92 Å². The van der Waals surface area contributed by atoms with Crippen LogP contribution in [0.15, 0.2) is 0 Å². The Labute approximate surface area is 88.1 Å². The third-order valence-corrected chi connectivity index (χ3v) is 4.09. The molecule has 0 saturated carbocycles. The fraction of sp³-hybridized carbons (Fsp3) is 1.00. The lowest BCUT2D eigenvalue weighted by Gasteiger charge is -2.40. The maximum atomic E-state index is 3.61. The van der Waals surface area contributed by atoms with Gasteiger partial charge in [0, 0.05) is 11.6 Å². The number of likely N-dealkylation sites (tertiary alicyclic amines) is 1. The van der Waals surface area contributed by atoms with Crippen molar-refractivity contribution in [3.63, 3.8) is 0 Å². The summed E-state index contributed by atoms with van der Waals surface area (Å²) < 4.78 is 0. The second kappa shape index (κ2) is 3.82. The molecule has 0 radical (unpaired) electrons. The van der Waals surface area contributed by atoms with Crippen molar-refractivity contribution in [1.29, 1.82) is 0 Å². The smallest absolute Gasteiger partial charge is 0.0284 e. The van der Waals surface area contributed by atoms with Gasteiger partial charge in [-0.05, 0) is 58.7 Å². The lowest BCUT2D eigenvalue weighted by molar-refractivity contribution is 0.104. The number of hydrogen-bond donors (Lipinski definition) is 1. The highest BCUT2D eigenvalue weighted by molar-refractivity contribution is 4.99.